The molecular weight excluding hydrogens is 402 g/mol. The molecule has 2 heterocycles. The Bertz CT molecular complexity index is 1320. The number of hydrazone groups is 1. The number of carbonyl (C=O) groups is 1. The first-order valence-electron chi connectivity index (χ1n) is 10.3. The van der Waals surface area contributed by atoms with Gasteiger partial charge >= 0.3 is 0 Å². The van der Waals surface area contributed by atoms with Gasteiger partial charge in [-0.05, 0) is 36.4 Å². The van der Waals surface area contributed by atoms with Gasteiger partial charge in [-0.15, -0.1) is 5.10 Å². The van der Waals surface area contributed by atoms with Crippen molar-refractivity contribution in [3.05, 3.63) is 96.1 Å². The van der Waals surface area contributed by atoms with Crippen LogP contribution < -0.4 is 4.74 Å². The maximum absolute atomic E-state index is 12.5. The molecule has 32 heavy (non-hydrogen) atoms. The number of rotatable bonds is 4. The third-order valence-corrected chi connectivity index (χ3v) is 5.39. The number of ether oxygens (including phenoxy) is 2. The van der Waals surface area contributed by atoms with E-state index in [1.54, 1.807) is 7.11 Å². The van der Waals surface area contributed by atoms with E-state index < -0.39 is 6.23 Å². The Labute approximate surface area is 185 Å². The molecule has 4 aromatic rings. The summed E-state index contributed by atoms with van der Waals surface area (Å²) in [6, 6.07) is 27.2. The molecule has 0 N–H and O–H groups in total. The lowest BCUT2D eigenvalue weighted by Gasteiger charge is -2.21. The Kier molecular flexibility index (Phi) is 5.03. The second kappa shape index (κ2) is 8.15. The van der Waals surface area contributed by atoms with E-state index in [0.717, 1.165) is 39.0 Å². The lowest BCUT2D eigenvalue weighted by atomic mass is 10.0. The predicted octanol–water partition coefficient (Wildman–Crippen LogP) is 5.15. The quantitative estimate of drug-likeness (QED) is 0.455. The van der Waals surface area contributed by atoms with Crippen molar-refractivity contribution in [2.45, 2.75) is 13.2 Å². The summed E-state index contributed by atoms with van der Waals surface area (Å²) in [7, 11) is 1.62. The molecule has 0 aliphatic carbocycles. The zero-order chi connectivity index (χ0) is 22.1. The largest absolute Gasteiger partial charge is 0.497 e. The zero-order valence-electron chi connectivity index (χ0n) is 17.7. The molecule has 0 bridgehead atoms. The monoisotopic (exact) mass is 423 g/mol. The van der Waals surface area contributed by atoms with Crippen LogP contribution in [-0.2, 0) is 9.53 Å². The summed E-state index contributed by atoms with van der Waals surface area (Å²) < 4.78 is 11.5. The summed E-state index contributed by atoms with van der Waals surface area (Å²) in [5.74, 6) is 0.913. The van der Waals surface area contributed by atoms with Gasteiger partial charge in [0.15, 0.2) is 0 Å². The van der Waals surface area contributed by atoms with E-state index in [9.17, 15) is 4.79 Å². The molecule has 5 rings (SSSR count). The SMILES string of the molecule is COc1ccc(C2=NN(C(C)=O)[C@H](c3cc(-c4ccccc4)nc4ccccc34)O2)cc1. The summed E-state index contributed by atoms with van der Waals surface area (Å²) in [4.78, 5) is 17.3. The number of nitrogens with zero attached hydrogens (tertiary/aromatic N) is 3. The van der Waals surface area contributed by atoms with Crippen LogP contribution in [0.4, 0.5) is 0 Å². The second-order valence-electron chi connectivity index (χ2n) is 7.45. The summed E-state index contributed by atoms with van der Waals surface area (Å²) in [5.41, 5.74) is 4.22. The van der Waals surface area contributed by atoms with Crippen LogP contribution in [-0.4, -0.2) is 28.9 Å². The highest BCUT2D eigenvalue weighted by Gasteiger charge is 2.34. The molecule has 0 unspecified atom stereocenters. The molecule has 0 saturated heterocycles. The maximum atomic E-state index is 12.5. The second-order valence-corrected chi connectivity index (χ2v) is 7.45. The van der Waals surface area contributed by atoms with Gasteiger partial charge in [-0.2, -0.15) is 5.01 Å². The van der Waals surface area contributed by atoms with Crippen molar-refractivity contribution in [3.63, 3.8) is 0 Å². The van der Waals surface area contributed by atoms with Crippen molar-refractivity contribution < 1.29 is 14.3 Å². The lowest BCUT2D eigenvalue weighted by molar-refractivity contribution is -0.135. The van der Waals surface area contributed by atoms with Crippen molar-refractivity contribution in [1.82, 2.24) is 9.99 Å². The number of amides is 1. The number of fused-ring (bicyclic) bond motifs is 1. The van der Waals surface area contributed by atoms with E-state index >= 15 is 0 Å². The van der Waals surface area contributed by atoms with Gasteiger partial charge in [0.2, 0.25) is 18.0 Å². The Morgan fingerprint density at radius 1 is 0.938 bits per heavy atom. The molecule has 0 fully saturated rings. The van der Waals surface area contributed by atoms with Gasteiger partial charge in [-0.3, -0.25) is 4.79 Å². The molecule has 1 aliphatic heterocycles. The van der Waals surface area contributed by atoms with Gasteiger partial charge in [-0.25, -0.2) is 4.98 Å². The highest BCUT2D eigenvalue weighted by molar-refractivity contribution is 5.97. The fourth-order valence-electron chi connectivity index (χ4n) is 3.78. The number of methoxy groups -OCH3 is 1. The van der Waals surface area contributed by atoms with Gasteiger partial charge in [0.05, 0.1) is 18.3 Å². The smallest absolute Gasteiger partial charge is 0.243 e. The summed E-state index contributed by atoms with van der Waals surface area (Å²) in [5, 5.41) is 6.79. The first kappa shape index (κ1) is 19.8. The van der Waals surface area contributed by atoms with Crippen LogP contribution in [0, 0.1) is 0 Å². The number of pyridine rings is 1. The molecule has 1 aromatic heterocycles. The number of benzene rings is 3. The van der Waals surface area contributed by atoms with E-state index in [1.807, 2.05) is 84.9 Å². The number of aromatic nitrogens is 1. The van der Waals surface area contributed by atoms with Crippen molar-refractivity contribution in [2.75, 3.05) is 7.11 Å². The van der Waals surface area contributed by atoms with Crippen LogP contribution in [0.5, 0.6) is 5.75 Å². The first-order chi connectivity index (χ1) is 15.6. The van der Waals surface area contributed by atoms with E-state index in [2.05, 4.69) is 5.10 Å². The average molecular weight is 423 g/mol. The minimum absolute atomic E-state index is 0.208. The average Bonchev–Trinajstić information content (AvgIpc) is 3.30. The zero-order valence-corrected chi connectivity index (χ0v) is 17.7. The molecule has 0 spiro atoms. The molecule has 6 nitrogen and oxygen atoms in total. The molecule has 1 amide bonds. The van der Waals surface area contributed by atoms with Crippen molar-refractivity contribution >= 4 is 22.7 Å². The van der Waals surface area contributed by atoms with Crippen LogP contribution >= 0.6 is 0 Å². The molecule has 1 atom stereocenters. The Balaban J connectivity index is 1.61. The fraction of sp³-hybridized carbons (Fsp3) is 0.115. The molecule has 6 heteroatoms. The minimum atomic E-state index is -0.694. The lowest BCUT2D eigenvalue weighted by Crippen LogP contribution is -2.25. The molecule has 0 radical (unpaired) electrons. The van der Waals surface area contributed by atoms with Gasteiger partial charge in [0.25, 0.3) is 0 Å². The number of para-hydroxylation sites is 1. The van der Waals surface area contributed by atoms with Crippen molar-refractivity contribution in [3.8, 4) is 17.0 Å². The van der Waals surface area contributed by atoms with Crippen LogP contribution in [0.15, 0.2) is 90.0 Å². The molecule has 1 aliphatic rings. The molecule has 0 saturated carbocycles. The van der Waals surface area contributed by atoms with Crippen LogP contribution in [0.2, 0.25) is 0 Å². The van der Waals surface area contributed by atoms with Gasteiger partial charge in [0.1, 0.15) is 5.75 Å². The van der Waals surface area contributed by atoms with Crippen molar-refractivity contribution in [1.29, 1.82) is 0 Å². The Morgan fingerprint density at radius 3 is 2.38 bits per heavy atom. The third-order valence-electron chi connectivity index (χ3n) is 5.39. The predicted molar refractivity (Wildman–Crippen MR) is 123 cm³/mol. The van der Waals surface area contributed by atoms with Gasteiger partial charge in [-0.1, -0.05) is 48.5 Å². The molecule has 158 valence electrons. The van der Waals surface area contributed by atoms with E-state index in [4.69, 9.17) is 14.5 Å². The van der Waals surface area contributed by atoms with E-state index in [0.29, 0.717) is 5.90 Å². The Morgan fingerprint density at radius 2 is 1.66 bits per heavy atom. The van der Waals surface area contributed by atoms with E-state index in [-0.39, 0.29) is 5.91 Å². The van der Waals surface area contributed by atoms with Crippen LogP contribution in [0.1, 0.15) is 24.3 Å². The Hall–Kier alpha value is -4.19. The minimum Gasteiger partial charge on any atom is -0.497 e. The summed E-state index contributed by atoms with van der Waals surface area (Å²) >= 11 is 0. The number of carbonyl (C=O) groups excluding carboxylic acids is 1. The van der Waals surface area contributed by atoms with E-state index in [1.165, 1.54) is 11.9 Å². The van der Waals surface area contributed by atoms with Gasteiger partial charge in [0, 0.05) is 29.0 Å². The molecular formula is C26H21N3O3. The third kappa shape index (κ3) is 3.56. The normalized spacial score (nSPS) is 15.4. The maximum Gasteiger partial charge on any atom is 0.243 e. The number of hydrogen-bond donors (Lipinski definition) is 0. The standard InChI is InChI=1S/C26H21N3O3/c1-17(30)29-26(32-25(28-29)19-12-14-20(31-2)15-13-19)22-16-24(18-8-4-3-5-9-18)27-23-11-7-6-10-21(22)23/h3-16,26H,1-2H3/t26-/m0/s1. The first-order valence-corrected chi connectivity index (χ1v) is 10.3. The number of hydrogen-bond acceptors (Lipinski definition) is 5. The fourth-order valence-corrected chi connectivity index (χ4v) is 3.78. The van der Waals surface area contributed by atoms with Gasteiger partial charge < -0.3 is 9.47 Å². The van der Waals surface area contributed by atoms with Crippen LogP contribution in [0.25, 0.3) is 22.2 Å². The summed E-state index contributed by atoms with van der Waals surface area (Å²) in [6.45, 7) is 1.48. The van der Waals surface area contributed by atoms with Crippen LogP contribution in [0.3, 0.4) is 0 Å². The summed E-state index contributed by atoms with van der Waals surface area (Å²) in [6.07, 6.45) is -0.694. The highest BCUT2D eigenvalue weighted by atomic mass is 16.5. The molecule has 3 aromatic carbocycles. The highest BCUT2D eigenvalue weighted by Crippen LogP contribution is 2.36. The van der Waals surface area contributed by atoms with Crippen molar-refractivity contribution in [2.24, 2.45) is 5.10 Å². The topological polar surface area (TPSA) is 64.0 Å².